The van der Waals surface area contributed by atoms with E-state index in [0.717, 1.165) is 11.1 Å². The predicted molar refractivity (Wildman–Crippen MR) is 94.2 cm³/mol. The zero-order valence-electron chi connectivity index (χ0n) is 14.1. The average molecular weight is 363 g/mol. The molecular weight excluding hydrogens is 342 g/mol. The normalized spacial score (nSPS) is 13.9. The monoisotopic (exact) mass is 363 g/mol. The predicted octanol–water partition coefficient (Wildman–Crippen LogP) is 2.15. The first-order valence-electron chi connectivity index (χ1n) is 7.67. The molecule has 2 aromatic carbocycles. The summed E-state index contributed by atoms with van der Waals surface area (Å²) in [7, 11) is -2.74. The van der Waals surface area contributed by atoms with Gasteiger partial charge in [-0.15, -0.1) is 0 Å². The van der Waals surface area contributed by atoms with Crippen LogP contribution in [0.1, 0.15) is 17.5 Å². The molecule has 0 saturated heterocycles. The van der Waals surface area contributed by atoms with Gasteiger partial charge in [0.05, 0.1) is 12.0 Å². The Balaban J connectivity index is 2.34. The fourth-order valence-corrected chi connectivity index (χ4v) is 3.96. The maximum atomic E-state index is 12.8. The highest BCUT2D eigenvalue weighted by Crippen LogP contribution is 2.27. The van der Waals surface area contributed by atoms with Crippen LogP contribution >= 0.6 is 0 Å². The van der Waals surface area contributed by atoms with Crippen molar-refractivity contribution in [3.63, 3.8) is 0 Å². The average Bonchev–Trinajstić information content (AvgIpc) is 2.59. The molecule has 2 rings (SSSR count). The van der Waals surface area contributed by atoms with Crippen molar-refractivity contribution in [2.75, 3.05) is 7.11 Å². The van der Waals surface area contributed by atoms with E-state index in [2.05, 4.69) is 0 Å². The minimum absolute atomic E-state index is 0.103. The van der Waals surface area contributed by atoms with Crippen LogP contribution in [0.15, 0.2) is 53.4 Å². The van der Waals surface area contributed by atoms with Gasteiger partial charge in [-0.3, -0.25) is 0 Å². The molecule has 1 unspecified atom stereocenters. The highest BCUT2D eigenvalue weighted by molar-refractivity contribution is 7.93. The van der Waals surface area contributed by atoms with E-state index in [1.54, 1.807) is 36.4 Å². The molecule has 0 amide bonds. The topological polar surface area (TPSA) is 107 Å². The molecule has 134 valence electrons. The Morgan fingerprint density at radius 1 is 1.20 bits per heavy atom. The number of hydrogen-bond donors (Lipinski definition) is 2. The van der Waals surface area contributed by atoms with E-state index in [1.807, 2.05) is 6.92 Å². The zero-order valence-corrected chi connectivity index (χ0v) is 14.9. The second-order valence-electron chi connectivity index (χ2n) is 5.86. The molecule has 2 aromatic rings. The van der Waals surface area contributed by atoms with Gasteiger partial charge in [0.1, 0.15) is 5.75 Å². The van der Waals surface area contributed by atoms with Crippen molar-refractivity contribution in [3.8, 4) is 5.75 Å². The van der Waals surface area contributed by atoms with Crippen LogP contribution in [0.4, 0.5) is 0 Å². The van der Waals surface area contributed by atoms with Crippen LogP contribution in [0.5, 0.6) is 5.75 Å². The van der Waals surface area contributed by atoms with Gasteiger partial charge in [0.25, 0.3) is 0 Å². The van der Waals surface area contributed by atoms with Crippen LogP contribution in [0.25, 0.3) is 0 Å². The van der Waals surface area contributed by atoms with Crippen molar-refractivity contribution in [1.82, 2.24) is 0 Å². The molecule has 0 fully saturated rings. The van der Waals surface area contributed by atoms with Crippen LogP contribution < -0.4 is 10.5 Å². The zero-order chi connectivity index (χ0) is 18.7. The van der Waals surface area contributed by atoms with Gasteiger partial charge in [0.15, 0.2) is 0 Å². The third kappa shape index (κ3) is 3.83. The Kier molecular flexibility index (Phi) is 5.49. The summed E-state index contributed by atoms with van der Waals surface area (Å²) in [6.07, 6.45) is -0.0726. The van der Waals surface area contributed by atoms with Crippen molar-refractivity contribution in [2.24, 2.45) is 5.73 Å². The molecular formula is C18H21NO5S. The molecule has 0 heterocycles. The molecule has 0 spiro atoms. The minimum atomic E-state index is -4.26. The number of carboxylic acid groups (broad SMARTS) is 1. The van der Waals surface area contributed by atoms with E-state index in [4.69, 9.17) is 10.5 Å². The largest absolute Gasteiger partial charge is 0.497 e. The Morgan fingerprint density at radius 2 is 1.84 bits per heavy atom. The summed E-state index contributed by atoms with van der Waals surface area (Å²) in [5.41, 5.74) is 7.50. The Morgan fingerprint density at radius 3 is 2.40 bits per heavy atom. The highest BCUT2D eigenvalue weighted by atomic mass is 32.2. The third-order valence-electron chi connectivity index (χ3n) is 4.09. The highest BCUT2D eigenvalue weighted by Gasteiger charge is 2.48. The molecule has 3 N–H and O–H groups in total. The number of sulfone groups is 1. The van der Waals surface area contributed by atoms with Gasteiger partial charge in [0.2, 0.25) is 14.7 Å². The van der Waals surface area contributed by atoms with Crippen LogP contribution in [-0.2, 0) is 21.1 Å². The standard InChI is InChI=1S/C18H21NO5S/c1-13-6-8-16(9-7-13)25(22,23)18(19,17(20)21)11-10-14-4-3-5-15(12-14)24-2/h3-9,12H,10-11,19H2,1-2H3,(H,20,21). The summed E-state index contributed by atoms with van der Waals surface area (Å²) >= 11 is 0. The summed E-state index contributed by atoms with van der Waals surface area (Å²) in [6.45, 7) is 1.81. The minimum Gasteiger partial charge on any atom is -0.497 e. The van der Waals surface area contributed by atoms with Gasteiger partial charge in [-0.05, 0) is 49.6 Å². The lowest BCUT2D eigenvalue weighted by molar-refractivity contribution is -0.140. The molecule has 0 radical (unpaired) electrons. The van der Waals surface area contributed by atoms with Gasteiger partial charge < -0.3 is 15.6 Å². The van der Waals surface area contributed by atoms with Crippen LogP contribution in [0.2, 0.25) is 0 Å². The molecule has 0 saturated carbocycles. The SMILES string of the molecule is COc1cccc(CCC(N)(C(=O)O)S(=O)(=O)c2ccc(C)cc2)c1. The smallest absolute Gasteiger partial charge is 0.339 e. The molecule has 0 aliphatic heterocycles. The Labute approximate surface area is 147 Å². The number of ether oxygens (including phenoxy) is 1. The molecule has 0 aliphatic carbocycles. The number of aliphatic carboxylic acids is 1. The summed E-state index contributed by atoms with van der Waals surface area (Å²) in [5.74, 6) is -0.965. The van der Waals surface area contributed by atoms with Crippen LogP contribution in [-0.4, -0.2) is 31.5 Å². The number of hydrogen-bond acceptors (Lipinski definition) is 5. The second kappa shape index (κ2) is 7.25. The van der Waals surface area contributed by atoms with Gasteiger partial charge >= 0.3 is 5.97 Å². The summed E-state index contributed by atoms with van der Waals surface area (Å²) in [6, 6.07) is 13.0. The number of benzene rings is 2. The third-order valence-corrected chi connectivity index (χ3v) is 6.32. The number of nitrogens with two attached hydrogens (primary N) is 1. The number of carbonyl (C=O) groups is 1. The van der Waals surface area contributed by atoms with E-state index in [-0.39, 0.29) is 17.7 Å². The second-order valence-corrected chi connectivity index (χ2v) is 8.07. The van der Waals surface area contributed by atoms with Gasteiger partial charge in [-0.2, -0.15) is 0 Å². The lowest BCUT2D eigenvalue weighted by Gasteiger charge is -2.25. The van der Waals surface area contributed by atoms with Crippen LogP contribution in [0, 0.1) is 6.92 Å². The molecule has 0 aliphatic rings. The van der Waals surface area contributed by atoms with E-state index >= 15 is 0 Å². The van der Waals surface area contributed by atoms with Crippen molar-refractivity contribution in [2.45, 2.75) is 29.5 Å². The molecule has 1 atom stereocenters. The quantitative estimate of drug-likeness (QED) is 0.781. The van der Waals surface area contributed by atoms with E-state index in [9.17, 15) is 18.3 Å². The van der Waals surface area contributed by atoms with E-state index < -0.39 is 20.7 Å². The Hall–Kier alpha value is -2.38. The van der Waals surface area contributed by atoms with E-state index in [0.29, 0.717) is 5.75 Å². The lowest BCUT2D eigenvalue weighted by Crippen LogP contribution is -2.54. The van der Waals surface area contributed by atoms with Gasteiger partial charge in [-0.25, -0.2) is 13.2 Å². The van der Waals surface area contributed by atoms with Gasteiger partial charge in [0, 0.05) is 0 Å². The summed E-state index contributed by atoms with van der Waals surface area (Å²) < 4.78 is 30.8. The fraction of sp³-hybridized carbons (Fsp3) is 0.278. The van der Waals surface area contributed by atoms with Gasteiger partial charge in [-0.1, -0.05) is 29.8 Å². The molecule has 6 nitrogen and oxygen atoms in total. The molecule has 0 bridgehead atoms. The van der Waals surface area contributed by atoms with Crippen molar-refractivity contribution in [3.05, 3.63) is 59.7 Å². The fourth-order valence-electron chi connectivity index (χ4n) is 2.44. The molecule has 7 heteroatoms. The number of rotatable bonds is 7. The van der Waals surface area contributed by atoms with Crippen molar-refractivity contribution >= 4 is 15.8 Å². The van der Waals surface area contributed by atoms with Crippen LogP contribution in [0.3, 0.4) is 0 Å². The first-order valence-corrected chi connectivity index (χ1v) is 9.15. The summed E-state index contributed by atoms with van der Waals surface area (Å²) in [5, 5.41) is 9.53. The number of aryl methyl sites for hydroxylation is 2. The maximum absolute atomic E-state index is 12.8. The summed E-state index contributed by atoms with van der Waals surface area (Å²) in [4.78, 5) is 9.21. The van der Waals surface area contributed by atoms with Crippen molar-refractivity contribution in [1.29, 1.82) is 0 Å². The lowest BCUT2D eigenvalue weighted by atomic mass is 10.1. The van der Waals surface area contributed by atoms with Crippen molar-refractivity contribution < 1.29 is 23.1 Å². The Bertz CT molecular complexity index is 861. The first-order chi connectivity index (χ1) is 11.7. The first kappa shape index (κ1) is 19.0. The number of carboxylic acids is 1. The molecule has 25 heavy (non-hydrogen) atoms. The maximum Gasteiger partial charge on any atom is 0.339 e. The van der Waals surface area contributed by atoms with E-state index in [1.165, 1.54) is 19.2 Å². The number of methoxy groups -OCH3 is 1. The molecule has 0 aromatic heterocycles.